The van der Waals surface area contributed by atoms with E-state index in [2.05, 4.69) is 5.32 Å². The number of nitrogens with two attached hydrogens (primary N) is 1. The molecular weight excluding hydrogens is 528 g/mol. The minimum atomic E-state index is -0.833. The van der Waals surface area contributed by atoms with Crippen molar-refractivity contribution in [1.29, 1.82) is 0 Å². The van der Waals surface area contributed by atoms with Crippen molar-refractivity contribution in [1.82, 2.24) is 14.5 Å². The molecule has 0 bridgehead atoms. The lowest BCUT2D eigenvalue weighted by Crippen LogP contribution is -2.44. The van der Waals surface area contributed by atoms with Gasteiger partial charge in [-0.05, 0) is 37.0 Å². The minimum absolute atomic E-state index is 0.108. The predicted octanol–water partition coefficient (Wildman–Crippen LogP) is -0.107. The number of ether oxygens (including phenoxy) is 4. The van der Waals surface area contributed by atoms with Gasteiger partial charge in [-0.2, -0.15) is 0 Å². The molecule has 2 heterocycles. The Morgan fingerprint density at radius 3 is 2.12 bits per heavy atom. The molecule has 1 unspecified atom stereocenters. The molecule has 14 heteroatoms. The van der Waals surface area contributed by atoms with Crippen LogP contribution in [-0.4, -0.2) is 90.8 Å². The summed E-state index contributed by atoms with van der Waals surface area (Å²) in [6.07, 6.45) is 2.11. The van der Waals surface area contributed by atoms with Gasteiger partial charge in [0.1, 0.15) is 12.6 Å². The van der Waals surface area contributed by atoms with Crippen molar-refractivity contribution in [3.8, 4) is 0 Å². The number of imide groups is 1. The van der Waals surface area contributed by atoms with Gasteiger partial charge in [-0.15, -0.1) is 0 Å². The van der Waals surface area contributed by atoms with Crippen molar-refractivity contribution < 1.29 is 43.2 Å². The third-order valence-electron chi connectivity index (χ3n) is 5.79. The highest BCUT2D eigenvalue weighted by atomic mass is 16.6. The van der Waals surface area contributed by atoms with Crippen LogP contribution in [0.4, 0.5) is 0 Å². The van der Waals surface area contributed by atoms with Crippen molar-refractivity contribution in [3.63, 3.8) is 0 Å². The second-order valence-corrected chi connectivity index (χ2v) is 8.98. The topological polar surface area (TPSA) is 190 Å². The zero-order chi connectivity index (χ0) is 29.5. The van der Waals surface area contributed by atoms with E-state index in [0.29, 0.717) is 58.2 Å². The van der Waals surface area contributed by atoms with Crippen molar-refractivity contribution >= 4 is 34.7 Å². The number of fused-ring (bicyclic) bond motifs is 1. The van der Waals surface area contributed by atoms with Crippen LogP contribution in [0.5, 0.6) is 0 Å². The number of aromatic nitrogens is 2. The maximum Gasteiger partial charge on any atom is 0.329 e. The highest BCUT2D eigenvalue weighted by Crippen LogP contribution is 2.24. The van der Waals surface area contributed by atoms with E-state index >= 15 is 0 Å². The summed E-state index contributed by atoms with van der Waals surface area (Å²) >= 11 is 0. The first-order valence-corrected chi connectivity index (χ1v) is 12.9. The Balaban J connectivity index is 0.00000131. The van der Waals surface area contributed by atoms with Crippen molar-refractivity contribution in [2.45, 2.75) is 38.6 Å². The lowest BCUT2D eigenvalue weighted by molar-refractivity contribution is -0.136. The van der Waals surface area contributed by atoms with Gasteiger partial charge >= 0.3 is 5.69 Å². The molecule has 0 radical (unpaired) electrons. The molecule has 4 N–H and O–H groups in total. The summed E-state index contributed by atoms with van der Waals surface area (Å²) in [4.78, 5) is 56.1. The average Bonchev–Trinajstić information content (AvgIpc) is 3.13. The zero-order valence-corrected chi connectivity index (χ0v) is 22.9. The standard InChI is InChI=1S/C24H34N4O8.C2H4O2/c1-27-20-15-17(3-2-8-33-9-10-34-11-12-35-13-14-36-16-21(25)29)4-5-18(20)28(24(27)32)19-6-7-22(30)26-23(19)31;1-2(3)4/h4-5,15,19H,2-3,6-14,16H2,1H3,(H2,25,29)(H,26,30,31);1H3,(H,3,4). The number of carboxylic acid groups (broad SMARTS) is 1. The lowest BCUT2D eigenvalue weighted by Gasteiger charge is -2.21. The Morgan fingerprint density at radius 1 is 0.975 bits per heavy atom. The van der Waals surface area contributed by atoms with Crippen LogP contribution in [0.1, 0.15) is 37.8 Å². The normalized spacial score (nSPS) is 15.0. The van der Waals surface area contributed by atoms with Gasteiger partial charge < -0.3 is 29.8 Å². The van der Waals surface area contributed by atoms with E-state index in [4.69, 9.17) is 34.6 Å². The molecule has 1 aromatic carbocycles. The number of imidazole rings is 1. The molecule has 1 atom stereocenters. The average molecular weight is 567 g/mol. The van der Waals surface area contributed by atoms with Crippen LogP contribution < -0.4 is 16.7 Å². The molecule has 40 heavy (non-hydrogen) atoms. The lowest BCUT2D eigenvalue weighted by atomic mass is 10.1. The van der Waals surface area contributed by atoms with Gasteiger partial charge in [0, 0.05) is 27.0 Å². The van der Waals surface area contributed by atoms with E-state index in [-0.39, 0.29) is 24.6 Å². The fraction of sp³-hybridized carbons (Fsp3) is 0.577. The number of carboxylic acids is 1. The second-order valence-electron chi connectivity index (χ2n) is 8.98. The van der Waals surface area contributed by atoms with Crippen LogP contribution in [0, 0.1) is 0 Å². The third-order valence-corrected chi connectivity index (χ3v) is 5.79. The molecule has 0 spiro atoms. The minimum Gasteiger partial charge on any atom is -0.481 e. The number of hydrogen-bond donors (Lipinski definition) is 3. The molecule has 1 aliphatic heterocycles. The first-order chi connectivity index (χ1) is 19.1. The van der Waals surface area contributed by atoms with Gasteiger partial charge in [0.25, 0.3) is 5.97 Å². The molecule has 0 saturated carbocycles. The van der Waals surface area contributed by atoms with Gasteiger partial charge in [-0.1, -0.05) is 6.07 Å². The summed E-state index contributed by atoms with van der Waals surface area (Å²) in [6, 6.07) is 5.08. The number of aliphatic carboxylic acids is 1. The first-order valence-electron chi connectivity index (χ1n) is 12.9. The first kappa shape index (κ1) is 32.6. The number of carbonyl (C=O) groups excluding carboxylic acids is 3. The molecule has 14 nitrogen and oxygen atoms in total. The Kier molecular flexibility index (Phi) is 14.0. The maximum atomic E-state index is 12.8. The monoisotopic (exact) mass is 566 g/mol. The summed E-state index contributed by atoms with van der Waals surface area (Å²) in [5.41, 5.74) is 7.17. The van der Waals surface area contributed by atoms with Gasteiger partial charge in [0.05, 0.1) is 50.7 Å². The number of aryl methyl sites for hydroxylation is 2. The van der Waals surface area contributed by atoms with E-state index in [0.717, 1.165) is 30.8 Å². The van der Waals surface area contributed by atoms with Crippen molar-refractivity contribution in [2.75, 3.05) is 52.9 Å². The number of benzene rings is 1. The fourth-order valence-electron chi connectivity index (χ4n) is 4.01. The molecule has 3 rings (SSSR count). The van der Waals surface area contributed by atoms with Crippen molar-refractivity contribution in [3.05, 3.63) is 34.2 Å². The largest absolute Gasteiger partial charge is 0.481 e. The zero-order valence-electron chi connectivity index (χ0n) is 22.9. The molecule has 222 valence electrons. The van der Waals surface area contributed by atoms with Gasteiger partial charge in [-0.25, -0.2) is 4.79 Å². The number of hydrogen-bond acceptors (Lipinski definition) is 9. The van der Waals surface area contributed by atoms with Gasteiger partial charge in [-0.3, -0.25) is 33.6 Å². The summed E-state index contributed by atoms with van der Waals surface area (Å²) in [7, 11) is 1.68. The van der Waals surface area contributed by atoms with Crippen LogP contribution in [0.3, 0.4) is 0 Å². The summed E-state index contributed by atoms with van der Waals surface area (Å²) in [5.74, 6) is -2.09. The van der Waals surface area contributed by atoms with Crippen molar-refractivity contribution in [2.24, 2.45) is 12.8 Å². The number of rotatable bonds is 16. The highest BCUT2D eigenvalue weighted by Gasteiger charge is 2.31. The van der Waals surface area contributed by atoms with Crippen LogP contribution in [-0.2, 0) is 51.6 Å². The summed E-state index contributed by atoms with van der Waals surface area (Å²) in [6.45, 7) is 4.03. The van der Waals surface area contributed by atoms with E-state index in [1.807, 2.05) is 18.2 Å². The van der Waals surface area contributed by atoms with E-state index in [1.54, 1.807) is 7.05 Å². The van der Waals surface area contributed by atoms with Crippen LogP contribution in [0.2, 0.25) is 0 Å². The van der Waals surface area contributed by atoms with Gasteiger partial charge in [0.15, 0.2) is 0 Å². The molecule has 1 fully saturated rings. The van der Waals surface area contributed by atoms with Crippen LogP contribution >= 0.6 is 0 Å². The molecule has 1 aromatic heterocycles. The predicted molar refractivity (Wildman–Crippen MR) is 143 cm³/mol. The molecule has 1 aliphatic rings. The summed E-state index contributed by atoms with van der Waals surface area (Å²) in [5, 5.41) is 9.73. The Labute approximate surface area is 231 Å². The summed E-state index contributed by atoms with van der Waals surface area (Å²) < 4.78 is 24.3. The Hall–Kier alpha value is -3.59. The SMILES string of the molecule is CC(=O)O.Cn1c(=O)n(C2CCC(=O)NC2=O)c2ccc(CCCOCCOCCOCCOCC(N)=O)cc21. The number of carbonyl (C=O) groups is 4. The quantitative estimate of drug-likeness (QED) is 0.183. The second kappa shape index (κ2) is 17.2. The number of piperidine rings is 1. The molecule has 3 amide bonds. The van der Waals surface area contributed by atoms with E-state index in [1.165, 1.54) is 9.13 Å². The Bertz CT molecular complexity index is 1200. The van der Waals surface area contributed by atoms with Crippen LogP contribution in [0.25, 0.3) is 11.0 Å². The highest BCUT2D eigenvalue weighted by molar-refractivity contribution is 6.00. The van der Waals surface area contributed by atoms with E-state index < -0.39 is 23.8 Å². The fourth-order valence-corrected chi connectivity index (χ4v) is 4.01. The maximum absolute atomic E-state index is 12.8. The number of nitrogens with one attached hydrogen (secondary N) is 1. The smallest absolute Gasteiger partial charge is 0.329 e. The molecule has 0 aliphatic carbocycles. The molecular formula is C26H38N4O10. The third kappa shape index (κ3) is 10.9. The molecule has 1 saturated heterocycles. The number of amides is 3. The number of primary amides is 1. The van der Waals surface area contributed by atoms with Crippen LogP contribution in [0.15, 0.2) is 23.0 Å². The van der Waals surface area contributed by atoms with E-state index in [9.17, 15) is 19.2 Å². The molecule has 2 aromatic rings. The van der Waals surface area contributed by atoms with Gasteiger partial charge in [0.2, 0.25) is 17.7 Å². The number of nitrogens with zero attached hydrogens (tertiary/aromatic N) is 2. The Morgan fingerprint density at radius 2 is 1.55 bits per heavy atom.